The number of ketones is 1. The number of carbonyl (C=O) groups is 1. The first kappa shape index (κ1) is 20.7. The molecule has 1 aromatic heterocycles. The van der Waals surface area contributed by atoms with E-state index in [1.54, 1.807) is 0 Å². The molecule has 0 spiro atoms. The van der Waals surface area contributed by atoms with Crippen molar-refractivity contribution in [1.29, 1.82) is 0 Å². The van der Waals surface area contributed by atoms with Gasteiger partial charge in [-0.3, -0.25) is 4.79 Å². The lowest BCUT2D eigenvalue weighted by atomic mass is 10.0. The fraction of sp³-hybridized carbons (Fsp3) is 0.500. The van der Waals surface area contributed by atoms with Crippen LogP contribution >= 0.6 is 0 Å². The number of aromatic nitrogens is 1. The summed E-state index contributed by atoms with van der Waals surface area (Å²) >= 11 is 0. The summed E-state index contributed by atoms with van der Waals surface area (Å²) in [5.74, 6) is 1.97. The number of fused-ring (bicyclic) bond motifs is 1. The molecule has 2 heterocycles. The third kappa shape index (κ3) is 5.30. The lowest BCUT2D eigenvalue weighted by Gasteiger charge is -2.31. The van der Waals surface area contributed by atoms with Gasteiger partial charge in [0.1, 0.15) is 5.82 Å². The number of nitrogens with one attached hydrogen (secondary N) is 1. The molecule has 1 fully saturated rings. The van der Waals surface area contributed by atoms with Crippen LogP contribution in [-0.4, -0.2) is 30.5 Å². The molecule has 1 saturated carbocycles. The number of hydrogen-bond donors (Lipinski definition) is 2. The van der Waals surface area contributed by atoms with E-state index in [1.165, 1.54) is 24.0 Å². The first-order valence-electron chi connectivity index (χ1n) is 11.1. The predicted octanol–water partition coefficient (Wildman–Crippen LogP) is 3.47. The van der Waals surface area contributed by atoms with Gasteiger partial charge < -0.3 is 20.7 Å². The Labute approximate surface area is 178 Å². The maximum Gasteiger partial charge on any atom is 0.217 e. The number of unbranched alkanes of at least 4 members (excludes halogenated alkanes) is 1. The van der Waals surface area contributed by atoms with Gasteiger partial charge in [-0.2, -0.15) is 4.98 Å². The highest BCUT2D eigenvalue weighted by Crippen LogP contribution is 2.33. The molecular weight excluding hydrogens is 376 g/mol. The summed E-state index contributed by atoms with van der Waals surface area (Å²) in [4.78, 5) is 18.9. The number of nitrogens with two attached hydrogens (primary N) is 1. The van der Waals surface area contributed by atoms with Gasteiger partial charge in [-0.15, -0.1) is 0 Å². The SMILES string of the molecule is CCCCOc1cc2c(c(N)n1)CC(=O)CN2Cc1cccc(CNCC2CC2)c1. The Morgan fingerprint density at radius 1 is 1.27 bits per heavy atom. The smallest absolute Gasteiger partial charge is 0.217 e. The average Bonchev–Trinajstić information content (AvgIpc) is 3.54. The van der Waals surface area contributed by atoms with Crippen LogP contribution in [0.5, 0.6) is 5.88 Å². The molecule has 0 radical (unpaired) electrons. The molecule has 4 rings (SSSR count). The first-order valence-corrected chi connectivity index (χ1v) is 11.1. The average molecular weight is 409 g/mol. The molecule has 1 aliphatic carbocycles. The van der Waals surface area contributed by atoms with Crippen LogP contribution in [0.2, 0.25) is 0 Å². The van der Waals surface area contributed by atoms with Crippen molar-refractivity contribution in [1.82, 2.24) is 10.3 Å². The Morgan fingerprint density at radius 3 is 2.90 bits per heavy atom. The number of carbonyl (C=O) groups excluding carboxylic acids is 1. The zero-order chi connectivity index (χ0) is 20.9. The zero-order valence-corrected chi connectivity index (χ0v) is 17.8. The number of pyridine rings is 1. The standard InChI is InChI=1S/C24H32N4O2/c1-2-3-9-30-23-12-22-21(24(25)27-23)11-20(29)16-28(22)15-19-6-4-5-18(10-19)14-26-13-17-7-8-17/h4-6,10,12,17,26H,2-3,7-9,11,13-16H2,1H3,(H2,25,27). The van der Waals surface area contributed by atoms with E-state index < -0.39 is 0 Å². The third-order valence-corrected chi connectivity index (χ3v) is 5.76. The molecular formula is C24H32N4O2. The summed E-state index contributed by atoms with van der Waals surface area (Å²) in [7, 11) is 0. The molecule has 0 unspecified atom stereocenters. The molecule has 2 aliphatic rings. The quantitative estimate of drug-likeness (QED) is 0.586. The van der Waals surface area contributed by atoms with E-state index in [-0.39, 0.29) is 5.78 Å². The summed E-state index contributed by atoms with van der Waals surface area (Å²) in [6.07, 6.45) is 5.09. The van der Waals surface area contributed by atoms with Gasteiger partial charge in [-0.25, -0.2) is 0 Å². The van der Waals surface area contributed by atoms with Gasteiger partial charge in [-0.1, -0.05) is 37.6 Å². The Kier molecular flexibility index (Phi) is 6.53. The predicted molar refractivity (Wildman–Crippen MR) is 120 cm³/mol. The highest BCUT2D eigenvalue weighted by molar-refractivity contribution is 5.92. The van der Waals surface area contributed by atoms with Crippen LogP contribution in [-0.2, 0) is 24.3 Å². The van der Waals surface area contributed by atoms with Crippen LogP contribution < -0.4 is 20.7 Å². The van der Waals surface area contributed by atoms with Gasteiger partial charge in [0.05, 0.1) is 18.8 Å². The second-order valence-corrected chi connectivity index (χ2v) is 8.51. The van der Waals surface area contributed by atoms with Gasteiger partial charge >= 0.3 is 0 Å². The van der Waals surface area contributed by atoms with Crippen LogP contribution in [0.4, 0.5) is 11.5 Å². The Bertz CT molecular complexity index is 895. The van der Waals surface area contributed by atoms with Crippen LogP contribution in [0, 0.1) is 5.92 Å². The number of ether oxygens (including phenoxy) is 1. The molecule has 6 nitrogen and oxygen atoms in total. The molecule has 2 aromatic rings. The van der Waals surface area contributed by atoms with E-state index >= 15 is 0 Å². The van der Waals surface area contributed by atoms with Crippen LogP contribution in [0.15, 0.2) is 30.3 Å². The van der Waals surface area contributed by atoms with Crippen LogP contribution in [0.3, 0.4) is 0 Å². The van der Waals surface area contributed by atoms with E-state index in [0.717, 1.165) is 43.1 Å². The summed E-state index contributed by atoms with van der Waals surface area (Å²) in [5, 5.41) is 3.55. The molecule has 0 bridgehead atoms. The van der Waals surface area contributed by atoms with Crippen LogP contribution in [0.1, 0.15) is 49.3 Å². The number of Topliss-reactive ketones (excluding diaryl/α,β-unsaturated/α-hetero) is 1. The number of rotatable bonds is 10. The molecule has 160 valence electrons. The van der Waals surface area contributed by atoms with Gasteiger partial charge in [0.2, 0.25) is 5.88 Å². The molecule has 0 atom stereocenters. The molecule has 6 heteroatoms. The highest BCUT2D eigenvalue weighted by Gasteiger charge is 2.26. The normalized spacial score (nSPS) is 15.9. The van der Waals surface area contributed by atoms with Crippen molar-refractivity contribution in [2.45, 2.75) is 52.1 Å². The Balaban J connectivity index is 1.49. The zero-order valence-electron chi connectivity index (χ0n) is 17.8. The van der Waals surface area contributed by atoms with E-state index in [1.807, 2.05) is 6.07 Å². The number of nitrogens with zero attached hydrogens (tertiary/aromatic N) is 2. The Hall–Kier alpha value is -2.60. The van der Waals surface area contributed by atoms with Gasteiger partial charge in [0.15, 0.2) is 5.78 Å². The van der Waals surface area contributed by atoms with Crippen molar-refractivity contribution in [3.63, 3.8) is 0 Å². The number of anilines is 2. The summed E-state index contributed by atoms with van der Waals surface area (Å²) in [6.45, 7) is 5.77. The number of hydrogen-bond acceptors (Lipinski definition) is 6. The largest absolute Gasteiger partial charge is 0.478 e. The molecule has 3 N–H and O–H groups in total. The van der Waals surface area contributed by atoms with Crippen molar-refractivity contribution in [3.8, 4) is 5.88 Å². The van der Waals surface area contributed by atoms with Gasteiger partial charge in [0, 0.05) is 31.1 Å². The van der Waals surface area contributed by atoms with E-state index in [0.29, 0.717) is 37.8 Å². The summed E-state index contributed by atoms with van der Waals surface area (Å²) in [6, 6.07) is 10.5. The van der Waals surface area contributed by atoms with Gasteiger partial charge in [-0.05, 0) is 42.9 Å². The summed E-state index contributed by atoms with van der Waals surface area (Å²) in [5.41, 5.74) is 10.4. The van der Waals surface area contributed by atoms with E-state index in [2.05, 4.69) is 46.4 Å². The molecule has 0 amide bonds. The molecule has 1 aromatic carbocycles. The third-order valence-electron chi connectivity index (χ3n) is 5.76. The maximum absolute atomic E-state index is 12.4. The minimum Gasteiger partial charge on any atom is -0.478 e. The van der Waals surface area contributed by atoms with Crippen molar-refractivity contribution < 1.29 is 9.53 Å². The van der Waals surface area contributed by atoms with Crippen molar-refractivity contribution >= 4 is 17.3 Å². The highest BCUT2D eigenvalue weighted by atomic mass is 16.5. The summed E-state index contributed by atoms with van der Waals surface area (Å²) < 4.78 is 5.80. The second kappa shape index (κ2) is 9.47. The minimum absolute atomic E-state index is 0.165. The van der Waals surface area contributed by atoms with E-state index in [4.69, 9.17) is 10.5 Å². The molecule has 0 saturated heterocycles. The van der Waals surface area contributed by atoms with Crippen molar-refractivity contribution in [2.24, 2.45) is 5.92 Å². The first-order chi connectivity index (χ1) is 14.6. The second-order valence-electron chi connectivity index (χ2n) is 8.51. The van der Waals surface area contributed by atoms with Crippen LogP contribution in [0.25, 0.3) is 0 Å². The lowest BCUT2D eigenvalue weighted by Crippen LogP contribution is -2.36. The molecule has 1 aliphatic heterocycles. The maximum atomic E-state index is 12.4. The van der Waals surface area contributed by atoms with E-state index in [9.17, 15) is 4.79 Å². The van der Waals surface area contributed by atoms with Crippen molar-refractivity contribution in [2.75, 3.05) is 30.3 Å². The topological polar surface area (TPSA) is 80.5 Å². The number of nitrogen functional groups attached to an aromatic ring is 1. The fourth-order valence-corrected chi connectivity index (χ4v) is 3.91. The van der Waals surface area contributed by atoms with Crippen molar-refractivity contribution in [3.05, 3.63) is 47.0 Å². The fourth-order valence-electron chi connectivity index (χ4n) is 3.91. The monoisotopic (exact) mass is 408 g/mol. The number of benzene rings is 1. The lowest BCUT2D eigenvalue weighted by molar-refractivity contribution is -0.117. The molecule has 30 heavy (non-hydrogen) atoms. The minimum atomic E-state index is 0.165. The Morgan fingerprint density at radius 2 is 2.10 bits per heavy atom. The van der Waals surface area contributed by atoms with Gasteiger partial charge in [0.25, 0.3) is 0 Å².